The largest absolute Gasteiger partial charge is 0.478 e. The van der Waals surface area contributed by atoms with Gasteiger partial charge in [-0.05, 0) is 46.3 Å². The minimum atomic E-state index is -1.41. The number of anilines is 1. The molecular formula is C14H8BrClFNO3. The molecule has 0 aliphatic rings. The van der Waals surface area contributed by atoms with Crippen LogP contribution in [0.3, 0.4) is 0 Å². The Morgan fingerprint density at radius 1 is 1.19 bits per heavy atom. The highest BCUT2D eigenvalue weighted by molar-refractivity contribution is 9.10. The first kappa shape index (κ1) is 15.5. The van der Waals surface area contributed by atoms with Crippen LogP contribution in [0.5, 0.6) is 0 Å². The molecule has 0 saturated carbocycles. The zero-order chi connectivity index (χ0) is 15.6. The minimum Gasteiger partial charge on any atom is -0.478 e. The third-order valence-corrected chi connectivity index (χ3v) is 3.95. The molecule has 2 aromatic rings. The van der Waals surface area contributed by atoms with Gasteiger partial charge in [-0.15, -0.1) is 0 Å². The number of hydrogen-bond donors (Lipinski definition) is 2. The topological polar surface area (TPSA) is 66.4 Å². The Balaban J connectivity index is 2.30. The van der Waals surface area contributed by atoms with Crippen molar-refractivity contribution in [2.45, 2.75) is 0 Å². The molecule has 7 heteroatoms. The minimum absolute atomic E-state index is 0.162. The molecule has 2 aromatic carbocycles. The molecule has 0 atom stereocenters. The summed E-state index contributed by atoms with van der Waals surface area (Å²) in [6, 6.07) is 8.12. The van der Waals surface area contributed by atoms with E-state index in [1.807, 2.05) is 0 Å². The van der Waals surface area contributed by atoms with Crippen LogP contribution in [0.1, 0.15) is 20.7 Å². The molecule has 0 heterocycles. The van der Waals surface area contributed by atoms with Crippen LogP contribution in [-0.2, 0) is 0 Å². The van der Waals surface area contributed by atoms with E-state index < -0.39 is 23.3 Å². The van der Waals surface area contributed by atoms with Gasteiger partial charge in [0.05, 0.1) is 16.1 Å². The number of rotatable bonds is 3. The number of benzene rings is 2. The Bertz CT molecular complexity index is 736. The highest BCUT2D eigenvalue weighted by atomic mass is 79.9. The Labute approximate surface area is 132 Å². The van der Waals surface area contributed by atoms with Crippen LogP contribution in [-0.4, -0.2) is 17.0 Å². The fourth-order valence-corrected chi connectivity index (χ4v) is 2.22. The van der Waals surface area contributed by atoms with Crippen molar-refractivity contribution in [1.29, 1.82) is 0 Å². The average molecular weight is 373 g/mol. The van der Waals surface area contributed by atoms with Gasteiger partial charge in [0.1, 0.15) is 5.82 Å². The van der Waals surface area contributed by atoms with Gasteiger partial charge < -0.3 is 10.4 Å². The van der Waals surface area contributed by atoms with Gasteiger partial charge in [0.2, 0.25) is 0 Å². The molecule has 0 radical (unpaired) electrons. The third-order valence-electron chi connectivity index (χ3n) is 2.65. The van der Waals surface area contributed by atoms with Gasteiger partial charge in [0, 0.05) is 10.2 Å². The third kappa shape index (κ3) is 3.40. The molecule has 0 aliphatic heterocycles. The van der Waals surface area contributed by atoms with Crippen molar-refractivity contribution in [2.75, 3.05) is 5.32 Å². The van der Waals surface area contributed by atoms with Crippen molar-refractivity contribution in [3.05, 3.63) is 62.8 Å². The lowest BCUT2D eigenvalue weighted by atomic mass is 10.1. The fourth-order valence-electron chi connectivity index (χ4n) is 1.64. The predicted molar refractivity (Wildman–Crippen MR) is 80.5 cm³/mol. The van der Waals surface area contributed by atoms with E-state index in [2.05, 4.69) is 21.2 Å². The summed E-state index contributed by atoms with van der Waals surface area (Å²) in [5, 5.41) is 11.5. The molecule has 1 amide bonds. The molecule has 4 nitrogen and oxygen atoms in total. The van der Waals surface area contributed by atoms with Gasteiger partial charge in [0.15, 0.2) is 0 Å². The van der Waals surface area contributed by atoms with Crippen LogP contribution in [0, 0.1) is 5.82 Å². The van der Waals surface area contributed by atoms with Crippen molar-refractivity contribution >= 4 is 45.1 Å². The molecule has 0 bridgehead atoms. The van der Waals surface area contributed by atoms with Crippen molar-refractivity contribution in [3.8, 4) is 0 Å². The first-order chi connectivity index (χ1) is 9.90. The summed E-state index contributed by atoms with van der Waals surface area (Å²) in [5.41, 5.74) is -0.143. The van der Waals surface area contributed by atoms with Crippen molar-refractivity contribution in [2.24, 2.45) is 0 Å². The number of aromatic carboxylic acids is 1. The van der Waals surface area contributed by atoms with E-state index >= 15 is 0 Å². The lowest BCUT2D eigenvalue weighted by Crippen LogP contribution is -2.13. The summed E-state index contributed by atoms with van der Waals surface area (Å²) in [5.74, 6) is -2.81. The van der Waals surface area contributed by atoms with Crippen molar-refractivity contribution in [3.63, 3.8) is 0 Å². The lowest BCUT2D eigenvalue weighted by Gasteiger charge is -2.08. The first-order valence-corrected chi connectivity index (χ1v) is 6.85. The highest BCUT2D eigenvalue weighted by Gasteiger charge is 2.15. The van der Waals surface area contributed by atoms with Gasteiger partial charge in [0.25, 0.3) is 5.91 Å². The summed E-state index contributed by atoms with van der Waals surface area (Å²) in [4.78, 5) is 22.9. The van der Waals surface area contributed by atoms with Crippen LogP contribution < -0.4 is 5.32 Å². The Morgan fingerprint density at radius 2 is 1.90 bits per heavy atom. The van der Waals surface area contributed by atoms with E-state index in [1.165, 1.54) is 12.1 Å². The quantitative estimate of drug-likeness (QED) is 0.849. The summed E-state index contributed by atoms with van der Waals surface area (Å²) in [6.07, 6.45) is 0. The Morgan fingerprint density at radius 3 is 2.57 bits per heavy atom. The summed E-state index contributed by atoms with van der Waals surface area (Å²) in [7, 11) is 0. The van der Waals surface area contributed by atoms with Crippen molar-refractivity contribution in [1.82, 2.24) is 0 Å². The number of carboxylic acids is 1. The van der Waals surface area contributed by atoms with E-state index in [-0.39, 0.29) is 16.3 Å². The molecule has 2 rings (SSSR count). The zero-order valence-corrected chi connectivity index (χ0v) is 12.7. The Hall–Kier alpha value is -1.92. The summed E-state index contributed by atoms with van der Waals surface area (Å²) in [6.45, 7) is 0. The van der Waals surface area contributed by atoms with Crippen molar-refractivity contribution < 1.29 is 19.1 Å². The second-order valence-corrected chi connectivity index (χ2v) is 5.29. The van der Waals surface area contributed by atoms with Crippen LogP contribution in [0.4, 0.5) is 10.1 Å². The number of carboxylic acid groups (broad SMARTS) is 1. The van der Waals surface area contributed by atoms with E-state index in [4.69, 9.17) is 16.7 Å². The number of amides is 1. The lowest BCUT2D eigenvalue weighted by molar-refractivity contribution is 0.0691. The molecule has 21 heavy (non-hydrogen) atoms. The zero-order valence-electron chi connectivity index (χ0n) is 10.4. The van der Waals surface area contributed by atoms with E-state index in [0.717, 1.165) is 12.1 Å². The molecule has 0 aliphatic carbocycles. The molecule has 0 unspecified atom stereocenters. The number of carbonyl (C=O) groups is 2. The molecule has 0 saturated heterocycles. The molecule has 0 spiro atoms. The average Bonchev–Trinajstić information content (AvgIpc) is 2.43. The second-order valence-electron chi connectivity index (χ2n) is 4.06. The number of hydrogen-bond acceptors (Lipinski definition) is 2. The SMILES string of the molecule is O=C(O)c1cc(NC(=O)c2cccc(Br)c2Cl)ccc1F. The molecular weight excluding hydrogens is 365 g/mol. The van der Waals surface area contributed by atoms with Gasteiger partial charge in [-0.1, -0.05) is 17.7 Å². The molecule has 108 valence electrons. The standard InChI is InChI=1S/C14H8BrClFNO3/c15-10-3-1-2-8(12(10)16)13(19)18-7-4-5-11(17)9(6-7)14(20)21/h1-6H,(H,18,19)(H,20,21). The van der Waals surface area contributed by atoms with Gasteiger partial charge in [-0.25, -0.2) is 9.18 Å². The van der Waals surface area contributed by atoms with E-state index in [0.29, 0.717) is 4.47 Å². The van der Waals surface area contributed by atoms with Gasteiger partial charge in [-0.2, -0.15) is 0 Å². The Kier molecular flexibility index (Phi) is 4.59. The number of nitrogens with one attached hydrogen (secondary N) is 1. The summed E-state index contributed by atoms with van der Waals surface area (Å²) >= 11 is 9.20. The van der Waals surface area contributed by atoms with E-state index in [1.54, 1.807) is 12.1 Å². The monoisotopic (exact) mass is 371 g/mol. The highest BCUT2D eigenvalue weighted by Crippen LogP contribution is 2.26. The van der Waals surface area contributed by atoms with Crippen LogP contribution in [0.2, 0.25) is 5.02 Å². The maximum absolute atomic E-state index is 13.3. The maximum atomic E-state index is 13.3. The second kappa shape index (κ2) is 6.24. The number of carbonyl (C=O) groups excluding carboxylic acids is 1. The first-order valence-electron chi connectivity index (χ1n) is 5.68. The fraction of sp³-hybridized carbons (Fsp3) is 0. The number of halogens is 3. The van der Waals surface area contributed by atoms with Crippen LogP contribution >= 0.6 is 27.5 Å². The van der Waals surface area contributed by atoms with Crippen LogP contribution in [0.25, 0.3) is 0 Å². The molecule has 2 N–H and O–H groups in total. The normalized spacial score (nSPS) is 10.2. The van der Waals surface area contributed by atoms with Gasteiger partial charge >= 0.3 is 5.97 Å². The molecule has 0 aromatic heterocycles. The predicted octanol–water partition coefficient (Wildman–Crippen LogP) is 4.19. The maximum Gasteiger partial charge on any atom is 0.338 e. The molecule has 0 fully saturated rings. The van der Waals surface area contributed by atoms with E-state index in [9.17, 15) is 14.0 Å². The smallest absolute Gasteiger partial charge is 0.338 e. The van der Waals surface area contributed by atoms with Gasteiger partial charge in [-0.3, -0.25) is 4.79 Å². The summed E-state index contributed by atoms with van der Waals surface area (Å²) < 4.78 is 13.8. The van der Waals surface area contributed by atoms with Crippen LogP contribution in [0.15, 0.2) is 40.9 Å².